The number of ketones is 1. The van der Waals surface area contributed by atoms with Gasteiger partial charge in [0.25, 0.3) is 0 Å². The lowest BCUT2D eigenvalue weighted by Crippen LogP contribution is -2.42. The van der Waals surface area contributed by atoms with E-state index >= 15 is 0 Å². The molecule has 1 aromatic carbocycles. The maximum absolute atomic E-state index is 12.9. The van der Waals surface area contributed by atoms with E-state index < -0.39 is 0 Å². The Labute approximate surface area is 132 Å². The van der Waals surface area contributed by atoms with E-state index in [1.807, 2.05) is 6.92 Å². The Kier molecular flexibility index (Phi) is 4.34. The third kappa shape index (κ3) is 2.82. The molecular weight excluding hydrogens is 272 g/mol. The van der Waals surface area contributed by atoms with E-state index in [2.05, 4.69) is 41.9 Å². The van der Waals surface area contributed by atoms with Gasteiger partial charge in [-0.1, -0.05) is 25.5 Å². The second-order valence-electron chi connectivity index (χ2n) is 6.63. The number of hydrogen-bond donors (Lipinski definition) is 1. The number of aromatic nitrogens is 1. The van der Waals surface area contributed by atoms with E-state index in [1.54, 1.807) is 0 Å². The first kappa shape index (κ1) is 15.3. The third-order valence-electron chi connectivity index (χ3n) is 4.99. The fourth-order valence-electron chi connectivity index (χ4n) is 3.80. The Bertz CT molecular complexity index is 686. The van der Waals surface area contributed by atoms with Crippen molar-refractivity contribution in [2.75, 3.05) is 13.1 Å². The van der Waals surface area contributed by atoms with Crippen LogP contribution >= 0.6 is 0 Å². The number of Topliss-reactive ketones (excluding diaryl/α,β-unsaturated/α-hetero) is 1. The highest BCUT2D eigenvalue weighted by molar-refractivity contribution is 6.10. The number of rotatable bonds is 4. The van der Waals surface area contributed by atoms with Crippen molar-refractivity contribution in [1.82, 2.24) is 9.88 Å². The Hall–Kier alpha value is -1.61. The third-order valence-corrected chi connectivity index (χ3v) is 4.99. The van der Waals surface area contributed by atoms with Crippen molar-refractivity contribution < 1.29 is 4.79 Å². The molecule has 2 heterocycles. The van der Waals surface area contributed by atoms with Crippen LogP contribution in [0.15, 0.2) is 18.2 Å². The maximum Gasteiger partial charge on any atom is 0.179 e. The first-order chi connectivity index (χ1) is 10.6. The van der Waals surface area contributed by atoms with Gasteiger partial charge in [-0.3, -0.25) is 9.69 Å². The molecule has 1 fully saturated rings. The van der Waals surface area contributed by atoms with Gasteiger partial charge in [-0.2, -0.15) is 0 Å². The average molecular weight is 298 g/mol. The second-order valence-corrected chi connectivity index (χ2v) is 6.63. The minimum absolute atomic E-state index is 0.257. The van der Waals surface area contributed by atoms with Crippen molar-refractivity contribution in [3.63, 3.8) is 0 Å². The molecule has 118 valence electrons. The monoisotopic (exact) mass is 298 g/mol. The number of nitrogens with one attached hydrogen (secondary N) is 1. The molecule has 1 aromatic heterocycles. The fourth-order valence-corrected chi connectivity index (χ4v) is 3.80. The molecule has 1 aliphatic heterocycles. The smallest absolute Gasteiger partial charge is 0.179 e. The number of carbonyl (C=O) groups excluding carboxylic acids is 1. The lowest BCUT2D eigenvalue weighted by Gasteiger charge is -2.34. The minimum atomic E-state index is 0.257. The van der Waals surface area contributed by atoms with Crippen molar-refractivity contribution in [3.05, 3.63) is 35.0 Å². The molecule has 0 spiro atoms. The predicted molar refractivity (Wildman–Crippen MR) is 91.6 cm³/mol. The van der Waals surface area contributed by atoms with Crippen molar-refractivity contribution in [2.45, 2.75) is 52.5 Å². The van der Waals surface area contributed by atoms with Gasteiger partial charge in [0, 0.05) is 28.2 Å². The number of benzene rings is 1. The number of hydrogen-bond acceptors (Lipinski definition) is 2. The summed E-state index contributed by atoms with van der Waals surface area (Å²) in [5.74, 6) is 0.257. The van der Waals surface area contributed by atoms with Crippen LogP contribution in [0, 0.1) is 13.8 Å². The first-order valence-electron chi connectivity index (χ1n) is 8.46. The van der Waals surface area contributed by atoms with Crippen LogP contribution in [-0.4, -0.2) is 34.8 Å². The van der Waals surface area contributed by atoms with Crippen LogP contribution in [0.25, 0.3) is 10.9 Å². The molecule has 0 saturated carbocycles. The molecule has 0 aliphatic carbocycles. The summed E-state index contributed by atoms with van der Waals surface area (Å²) in [6, 6.07) is 6.86. The Morgan fingerprint density at radius 2 is 2.14 bits per heavy atom. The van der Waals surface area contributed by atoms with Crippen LogP contribution in [0.2, 0.25) is 0 Å². The summed E-state index contributed by atoms with van der Waals surface area (Å²) in [6.45, 7) is 7.94. The van der Waals surface area contributed by atoms with E-state index in [0.717, 1.165) is 35.1 Å². The number of aromatic amines is 1. The number of aryl methyl sites for hydroxylation is 2. The zero-order valence-corrected chi connectivity index (χ0v) is 13.9. The van der Waals surface area contributed by atoms with E-state index in [4.69, 9.17) is 0 Å². The van der Waals surface area contributed by atoms with E-state index in [0.29, 0.717) is 12.6 Å². The zero-order valence-electron chi connectivity index (χ0n) is 13.9. The molecule has 1 aliphatic rings. The topological polar surface area (TPSA) is 36.1 Å². The van der Waals surface area contributed by atoms with Crippen LogP contribution < -0.4 is 0 Å². The normalized spacial score (nSPS) is 19.7. The highest BCUT2D eigenvalue weighted by Gasteiger charge is 2.25. The molecule has 3 rings (SSSR count). The largest absolute Gasteiger partial charge is 0.358 e. The Balaban J connectivity index is 1.87. The summed E-state index contributed by atoms with van der Waals surface area (Å²) in [6.07, 6.45) is 4.89. The molecule has 0 amide bonds. The summed E-state index contributed by atoms with van der Waals surface area (Å²) < 4.78 is 0. The first-order valence-corrected chi connectivity index (χ1v) is 8.46. The molecule has 0 radical (unpaired) electrons. The molecule has 2 aromatic rings. The molecule has 1 saturated heterocycles. The molecule has 22 heavy (non-hydrogen) atoms. The number of H-pyrrole nitrogens is 1. The zero-order chi connectivity index (χ0) is 15.7. The number of likely N-dealkylation sites (tertiary alicyclic amines) is 1. The van der Waals surface area contributed by atoms with Gasteiger partial charge in [0.05, 0.1) is 6.54 Å². The molecular formula is C19H26N2O. The maximum atomic E-state index is 12.9. The van der Waals surface area contributed by atoms with Crippen molar-refractivity contribution in [3.8, 4) is 0 Å². The predicted octanol–water partition coefficient (Wildman–Crippen LogP) is 4.23. The Morgan fingerprint density at radius 3 is 2.91 bits per heavy atom. The van der Waals surface area contributed by atoms with Gasteiger partial charge in [0.1, 0.15) is 0 Å². The molecule has 0 unspecified atom stereocenters. The van der Waals surface area contributed by atoms with Crippen LogP contribution in [0.4, 0.5) is 0 Å². The van der Waals surface area contributed by atoms with Crippen molar-refractivity contribution in [1.29, 1.82) is 0 Å². The lowest BCUT2D eigenvalue weighted by molar-refractivity contribution is 0.0839. The fraction of sp³-hybridized carbons (Fsp3) is 0.526. The quantitative estimate of drug-likeness (QED) is 0.857. The number of nitrogens with zero attached hydrogens (tertiary/aromatic N) is 1. The van der Waals surface area contributed by atoms with E-state index in [-0.39, 0.29) is 5.78 Å². The standard InChI is InChI=1S/C19H26N2O/c1-4-15-7-5-6-10-21(15)12-18(22)19-14(3)20-17-11-13(2)8-9-16(17)19/h8-9,11,15,20H,4-7,10,12H2,1-3H3/t15-/m1/s1. The van der Waals surface area contributed by atoms with Gasteiger partial charge >= 0.3 is 0 Å². The highest BCUT2D eigenvalue weighted by Crippen LogP contribution is 2.25. The van der Waals surface area contributed by atoms with Crippen LogP contribution in [-0.2, 0) is 0 Å². The molecule has 0 bridgehead atoms. The van der Waals surface area contributed by atoms with Crippen LogP contribution in [0.5, 0.6) is 0 Å². The van der Waals surface area contributed by atoms with Crippen LogP contribution in [0.3, 0.4) is 0 Å². The lowest BCUT2D eigenvalue weighted by atomic mass is 9.98. The number of fused-ring (bicyclic) bond motifs is 1. The SMILES string of the molecule is CC[C@@H]1CCCCN1CC(=O)c1c(C)[nH]c2cc(C)ccc12. The van der Waals surface area contributed by atoms with Crippen molar-refractivity contribution in [2.24, 2.45) is 0 Å². The highest BCUT2D eigenvalue weighted by atomic mass is 16.1. The average Bonchev–Trinajstić information content (AvgIpc) is 2.82. The summed E-state index contributed by atoms with van der Waals surface area (Å²) in [5.41, 5.74) is 4.17. The van der Waals surface area contributed by atoms with E-state index in [9.17, 15) is 4.79 Å². The minimum Gasteiger partial charge on any atom is -0.358 e. The van der Waals surface area contributed by atoms with Crippen molar-refractivity contribution >= 4 is 16.7 Å². The van der Waals surface area contributed by atoms with Gasteiger partial charge in [-0.15, -0.1) is 0 Å². The van der Waals surface area contributed by atoms with E-state index in [1.165, 1.54) is 24.8 Å². The molecule has 3 nitrogen and oxygen atoms in total. The van der Waals surface area contributed by atoms with Gasteiger partial charge in [0.2, 0.25) is 0 Å². The van der Waals surface area contributed by atoms with Gasteiger partial charge in [-0.25, -0.2) is 0 Å². The summed E-state index contributed by atoms with van der Waals surface area (Å²) in [5, 5.41) is 1.07. The Morgan fingerprint density at radius 1 is 1.32 bits per heavy atom. The second kappa shape index (κ2) is 6.25. The number of carbonyl (C=O) groups is 1. The molecule has 3 heteroatoms. The molecule has 1 N–H and O–H groups in total. The van der Waals surface area contributed by atoms with Gasteiger partial charge in [0.15, 0.2) is 5.78 Å². The summed E-state index contributed by atoms with van der Waals surface area (Å²) >= 11 is 0. The molecule has 1 atom stereocenters. The summed E-state index contributed by atoms with van der Waals surface area (Å²) in [4.78, 5) is 18.7. The summed E-state index contributed by atoms with van der Waals surface area (Å²) in [7, 11) is 0. The van der Waals surface area contributed by atoms with Gasteiger partial charge in [-0.05, 0) is 51.3 Å². The van der Waals surface area contributed by atoms with Crippen LogP contribution in [0.1, 0.15) is 54.2 Å². The van der Waals surface area contributed by atoms with Gasteiger partial charge < -0.3 is 4.98 Å². The number of piperidine rings is 1.